The molecule has 1 N–H and O–H groups in total. The van der Waals surface area contributed by atoms with Crippen LogP contribution >= 0.6 is 0 Å². The van der Waals surface area contributed by atoms with E-state index in [1.54, 1.807) is 24.3 Å². The van der Waals surface area contributed by atoms with Gasteiger partial charge in [0.1, 0.15) is 18.7 Å². The number of allylic oxidation sites excluding steroid dienone is 2. The highest BCUT2D eigenvalue weighted by molar-refractivity contribution is 5.88. The van der Waals surface area contributed by atoms with Crippen LogP contribution in [0.25, 0.3) is 17.1 Å². The van der Waals surface area contributed by atoms with Gasteiger partial charge in [-0.1, -0.05) is 24.3 Å². The van der Waals surface area contributed by atoms with E-state index in [0.29, 0.717) is 28.8 Å². The van der Waals surface area contributed by atoms with Crippen molar-refractivity contribution in [1.29, 1.82) is 0 Å². The van der Waals surface area contributed by atoms with E-state index < -0.39 is 6.09 Å². The van der Waals surface area contributed by atoms with Crippen molar-refractivity contribution in [2.75, 3.05) is 6.61 Å². The van der Waals surface area contributed by atoms with Crippen LogP contribution in [0.2, 0.25) is 0 Å². The van der Waals surface area contributed by atoms with Crippen molar-refractivity contribution in [3.8, 4) is 5.75 Å². The first-order chi connectivity index (χ1) is 13.7. The van der Waals surface area contributed by atoms with Gasteiger partial charge in [0.05, 0.1) is 10.9 Å². The highest BCUT2D eigenvalue weighted by Gasteiger charge is 2.07. The van der Waals surface area contributed by atoms with Gasteiger partial charge in [-0.25, -0.2) is 19.8 Å². The summed E-state index contributed by atoms with van der Waals surface area (Å²) in [6.07, 6.45) is 8.48. The Balaban J connectivity index is 2.00. The standard InChI is InChI=1S/C21H16N4O3/c26-21(27)25-10-4-1-5-11-28-16-8-9-19-17(12-16)20(23-14-22-19)24-18-7-3-2-6-15(18)13-25/h1-10,12-14H,11H2,(H,26,27)/b5-1-,10-4+,15-13-,24-18+. The number of fused-ring (bicyclic) bond motifs is 2. The Hall–Kier alpha value is -4.00. The van der Waals surface area contributed by atoms with Crippen molar-refractivity contribution in [3.05, 3.63) is 83.8 Å². The number of ether oxygens (including phenoxy) is 1. The SMILES string of the molecule is O=C(O)N1/C=c2/cccc/c2=N\c2ncnc3ccc(cc23)OC/C=C\C=C\1. The summed E-state index contributed by atoms with van der Waals surface area (Å²) < 4.78 is 5.73. The van der Waals surface area contributed by atoms with Gasteiger partial charge in [-0.05, 0) is 36.4 Å². The molecular weight excluding hydrogens is 356 g/mol. The fourth-order valence-electron chi connectivity index (χ4n) is 2.75. The normalized spacial score (nSPS) is 18.4. The smallest absolute Gasteiger partial charge is 0.415 e. The third-order valence-electron chi connectivity index (χ3n) is 4.09. The molecule has 1 aromatic heterocycles. The highest BCUT2D eigenvalue weighted by atomic mass is 16.5. The molecule has 3 aromatic rings. The van der Waals surface area contributed by atoms with Crippen LogP contribution in [-0.4, -0.2) is 32.7 Å². The summed E-state index contributed by atoms with van der Waals surface area (Å²) in [7, 11) is 0. The summed E-state index contributed by atoms with van der Waals surface area (Å²) in [5.41, 5.74) is 0.747. The van der Waals surface area contributed by atoms with Gasteiger partial charge in [0.15, 0.2) is 5.82 Å². The second-order valence-electron chi connectivity index (χ2n) is 5.95. The fourth-order valence-corrected chi connectivity index (χ4v) is 2.75. The van der Waals surface area contributed by atoms with Gasteiger partial charge in [-0.3, -0.25) is 4.90 Å². The number of para-hydroxylation sites is 1. The van der Waals surface area contributed by atoms with Crippen molar-refractivity contribution in [2.45, 2.75) is 0 Å². The molecule has 2 bridgehead atoms. The molecule has 0 unspecified atom stereocenters. The number of rotatable bonds is 0. The van der Waals surface area contributed by atoms with E-state index >= 15 is 0 Å². The largest absolute Gasteiger partial charge is 0.490 e. The van der Waals surface area contributed by atoms with Crippen LogP contribution in [0, 0.1) is 0 Å². The third-order valence-corrected chi connectivity index (χ3v) is 4.09. The lowest BCUT2D eigenvalue weighted by Crippen LogP contribution is -2.29. The fraction of sp³-hybridized carbons (Fsp3) is 0.0476. The van der Waals surface area contributed by atoms with Crippen LogP contribution in [0.1, 0.15) is 0 Å². The van der Waals surface area contributed by atoms with Gasteiger partial charge in [-0.15, -0.1) is 0 Å². The van der Waals surface area contributed by atoms with Crippen molar-refractivity contribution in [1.82, 2.24) is 14.9 Å². The number of amides is 1. The zero-order valence-electron chi connectivity index (χ0n) is 14.8. The van der Waals surface area contributed by atoms with Gasteiger partial charge in [-0.2, -0.15) is 0 Å². The number of carboxylic acid groups (broad SMARTS) is 1. The zero-order valence-corrected chi connectivity index (χ0v) is 14.8. The molecule has 0 atom stereocenters. The van der Waals surface area contributed by atoms with E-state index in [-0.39, 0.29) is 0 Å². The highest BCUT2D eigenvalue weighted by Crippen LogP contribution is 2.25. The topological polar surface area (TPSA) is 87.9 Å². The second kappa shape index (κ2) is 7.71. The molecule has 4 rings (SSSR count). The maximum absolute atomic E-state index is 11.6. The number of benzene rings is 2. The molecule has 0 aliphatic carbocycles. The van der Waals surface area contributed by atoms with E-state index in [0.717, 1.165) is 15.8 Å². The number of nitrogens with zero attached hydrogens (tertiary/aromatic N) is 4. The Labute approximate surface area is 160 Å². The summed E-state index contributed by atoms with van der Waals surface area (Å²) in [5, 5.41) is 11.5. The van der Waals surface area contributed by atoms with Crippen LogP contribution < -0.4 is 15.3 Å². The molecule has 7 nitrogen and oxygen atoms in total. The average Bonchev–Trinajstić information content (AvgIpc) is 2.71. The van der Waals surface area contributed by atoms with E-state index in [2.05, 4.69) is 15.0 Å². The van der Waals surface area contributed by atoms with Gasteiger partial charge in [0, 0.05) is 23.0 Å². The summed E-state index contributed by atoms with van der Waals surface area (Å²) in [6.45, 7) is 0.340. The molecule has 0 spiro atoms. The second-order valence-corrected chi connectivity index (χ2v) is 5.95. The van der Waals surface area contributed by atoms with Crippen molar-refractivity contribution < 1.29 is 14.6 Å². The van der Waals surface area contributed by atoms with E-state index in [4.69, 9.17) is 4.74 Å². The number of carbonyl (C=O) groups is 1. The lowest BCUT2D eigenvalue weighted by molar-refractivity contribution is 0.179. The van der Waals surface area contributed by atoms with Crippen molar-refractivity contribution >= 4 is 29.0 Å². The summed E-state index contributed by atoms with van der Waals surface area (Å²) in [6, 6.07) is 12.8. The molecule has 2 aromatic carbocycles. The molecule has 1 amide bonds. The molecule has 28 heavy (non-hydrogen) atoms. The molecule has 1 aliphatic heterocycles. The molecule has 0 saturated carbocycles. The molecule has 0 fully saturated rings. The lowest BCUT2D eigenvalue weighted by atomic mass is 10.2. The van der Waals surface area contributed by atoms with Gasteiger partial charge >= 0.3 is 6.09 Å². The first-order valence-electron chi connectivity index (χ1n) is 8.58. The number of hydrogen-bond acceptors (Lipinski definition) is 5. The molecular formula is C21H16N4O3. The minimum atomic E-state index is -1.10. The quantitative estimate of drug-likeness (QED) is 0.656. The Morgan fingerprint density at radius 1 is 1.11 bits per heavy atom. The first-order valence-corrected chi connectivity index (χ1v) is 8.58. The third kappa shape index (κ3) is 3.73. The zero-order chi connectivity index (χ0) is 19.3. The minimum absolute atomic E-state index is 0.340. The summed E-state index contributed by atoms with van der Waals surface area (Å²) in [4.78, 5) is 25.9. The van der Waals surface area contributed by atoms with Crippen LogP contribution in [0.5, 0.6) is 5.75 Å². The van der Waals surface area contributed by atoms with Crippen LogP contribution in [-0.2, 0) is 0 Å². The van der Waals surface area contributed by atoms with Crippen LogP contribution in [0.3, 0.4) is 0 Å². The van der Waals surface area contributed by atoms with Gasteiger partial charge in [0.25, 0.3) is 0 Å². The van der Waals surface area contributed by atoms with E-state index in [1.165, 1.54) is 18.7 Å². The predicted molar refractivity (Wildman–Crippen MR) is 105 cm³/mol. The Morgan fingerprint density at radius 3 is 2.89 bits per heavy atom. The van der Waals surface area contributed by atoms with Crippen molar-refractivity contribution in [3.63, 3.8) is 0 Å². The lowest BCUT2D eigenvalue weighted by Gasteiger charge is -2.07. The summed E-state index contributed by atoms with van der Waals surface area (Å²) in [5.74, 6) is 1.16. The van der Waals surface area contributed by atoms with Gasteiger partial charge < -0.3 is 9.84 Å². The van der Waals surface area contributed by atoms with Gasteiger partial charge in [0.2, 0.25) is 0 Å². The molecule has 2 heterocycles. The maximum atomic E-state index is 11.6. The molecule has 138 valence electrons. The number of aromatic nitrogens is 2. The molecule has 0 saturated heterocycles. The summed E-state index contributed by atoms with van der Waals surface area (Å²) >= 11 is 0. The maximum Gasteiger partial charge on any atom is 0.415 e. The number of hydrogen-bond donors (Lipinski definition) is 1. The minimum Gasteiger partial charge on any atom is -0.490 e. The average molecular weight is 372 g/mol. The predicted octanol–water partition coefficient (Wildman–Crippen LogP) is 2.76. The van der Waals surface area contributed by atoms with Crippen LogP contribution in [0.15, 0.2) is 78.2 Å². The monoisotopic (exact) mass is 372 g/mol. The molecule has 0 radical (unpaired) electrons. The first kappa shape index (κ1) is 17.4. The van der Waals surface area contributed by atoms with E-state index in [9.17, 15) is 9.90 Å². The Bertz CT molecular complexity index is 1220. The Morgan fingerprint density at radius 2 is 2.00 bits per heavy atom. The Kier molecular flexibility index (Phi) is 4.79. The molecule has 7 heteroatoms. The van der Waals surface area contributed by atoms with E-state index in [1.807, 2.05) is 36.4 Å². The van der Waals surface area contributed by atoms with Crippen LogP contribution in [0.4, 0.5) is 10.6 Å². The molecule has 1 aliphatic rings. The van der Waals surface area contributed by atoms with Crippen molar-refractivity contribution in [2.24, 2.45) is 4.99 Å².